The summed E-state index contributed by atoms with van der Waals surface area (Å²) in [4.78, 5) is 48.4. The highest BCUT2D eigenvalue weighted by Gasteiger charge is 2.36. The molecule has 9 nitrogen and oxygen atoms in total. The molecule has 0 bridgehead atoms. The summed E-state index contributed by atoms with van der Waals surface area (Å²) in [5.41, 5.74) is 0. The molecule has 9 heteroatoms. The Morgan fingerprint density at radius 2 is 1.62 bits per heavy atom. The topological polar surface area (TPSA) is 102 Å². The van der Waals surface area contributed by atoms with Crippen molar-refractivity contribution >= 4 is 23.8 Å². The van der Waals surface area contributed by atoms with Gasteiger partial charge in [-0.25, -0.2) is 4.79 Å². The Kier molecular flexibility index (Phi) is 8.45. The Balaban J connectivity index is 1.56. The van der Waals surface area contributed by atoms with Gasteiger partial charge < -0.3 is 14.2 Å². The van der Waals surface area contributed by atoms with Crippen LogP contribution in [-0.2, 0) is 19.1 Å². The lowest BCUT2D eigenvalue weighted by atomic mass is 10.2. The van der Waals surface area contributed by atoms with Crippen molar-refractivity contribution in [3.05, 3.63) is 24.3 Å². The van der Waals surface area contributed by atoms with E-state index in [1.165, 1.54) is 7.05 Å². The van der Waals surface area contributed by atoms with E-state index in [4.69, 9.17) is 14.2 Å². The van der Waals surface area contributed by atoms with Gasteiger partial charge in [-0.15, -0.1) is 0 Å². The zero-order valence-corrected chi connectivity index (χ0v) is 16.7. The predicted molar refractivity (Wildman–Crippen MR) is 102 cm³/mol. The van der Waals surface area contributed by atoms with Gasteiger partial charge in [0.1, 0.15) is 13.0 Å². The molecule has 158 valence electrons. The summed E-state index contributed by atoms with van der Waals surface area (Å²) in [5.74, 6) is -0.544. The molecule has 1 aromatic rings. The van der Waals surface area contributed by atoms with Crippen LogP contribution in [0.25, 0.3) is 0 Å². The number of amides is 4. The standard InChI is InChI=1S/C20H26N2O7/c1-21-17(23)13-18(24)22(20(21)26)14-19(25)29-12-8-4-3-7-11-28-16-10-6-5-9-15(16)27-2/h5-6,9-10H,3-4,7-8,11-14H2,1-2H3. The maximum atomic E-state index is 11.9. The van der Waals surface area contributed by atoms with Crippen LogP contribution in [0.4, 0.5) is 4.79 Å². The van der Waals surface area contributed by atoms with Crippen LogP contribution in [0, 0.1) is 0 Å². The molecule has 0 unspecified atom stereocenters. The van der Waals surface area contributed by atoms with Crippen molar-refractivity contribution in [3.8, 4) is 11.5 Å². The number of hydrogen-bond acceptors (Lipinski definition) is 7. The van der Waals surface area contributed by atoms with Crippen molar-refractivity contribution in [2.75, 3.05) is 33.9 Å². The first-order valence-corrected chi connectivity index (χ1v) is 9.46. The zero-order valence-electron chi connectivity index (χ0n) is 16.7. The van der Waals surface area contributed by atoms with Crippen molar-refractivity contribution < 1.29 is 33.4 Å². The van der Waals surface area contributed by atoms with Crippen LogP contribution in [0.2, 0.25) is 0 Å². The largest absolute Gasteiger partial charge is 0.493 e. The fourth-order valence-corrected chi connectivity index (χ4v) is 2.73. The first-order chi connectivity index (χ1) is 13.9. The summed E-state index contributed by atoms with van der Waals surface area (Å²) in [6, 6.07) is 6.64. The van der Waals surface area contributed by atoms with Gasteiger partial charge in [0.15, 0.2) is 11.5 Å². The minimum absolute atomic E-state index is 0.206. The van der Waals surface area contributed by atoms with Crippen molar-refractivity contribution in [1.29, 1.82) is 0 Å². The van der Waals surface area contributed by atoms with Crippen LogP contribution in [-0.4, -0.2) is 67.5 Å². The number of barbiturate groups is 1. The Morgan fingerprint density at radius 1 is 0.966 bits per heavy atom. The Hall–Kier alpha value is -3.10. The van der Waals surface area contributed by atoms with E-state index < -0.39 is 36.8 Å². The zero-order chi connectivity index (χ0) is 21.2. The molecular weight excluding hydrogens is 380 g/mol. The summed E-state index contributed by atoms with van der Waals surface area (Å²) in [7, 11) is 2.87. The molecule has 2 rings (SSSR count). The smallest absolute Gasteiger partial charge is 0.333 e. The second-order valence-corrected chi connectivity index (χ2v) is 6.53. The number of urea groups is 1. The molecule has 29 heavy (non-hydrogen) atoms. The lowest BCUT2D eigenvalue weighted by molar-refractivity contribution is -0.151. The normalized spacial score (nSPS) is 14.2. The third-order valence-electron chi connectivity index (χ3n) is 4.41. The van der Waals surface area contributed by atoms with E-state index in [1.807, 2.05) is 24.3 Å². The Labute approximate surface area is 169 Å². The van der Waals surface area contributed by atoms with Crippen molar-refractivity contribution in [1.82, 2.24) is 9.80 Å². The van der Waals surface area contributed by atoms with Crippen molar-refractivity contribution in [2.24, 2.45) is 0 Å². The lowest BCUT2D eigenvalue weighted by Crippen LogP contribution is -2.54. The molecule has 0 N–H and O–H groups in total. The SMILES string of the molecule is COc1ccccc1OCCCCCCOC(=O)CN1C(=O)CC(=O)N(C)C1=O. The quantitative estimate of drug-likeness (QED) is 0.315. The van der Waals surface area contributed by atoms with E-state index in [1.54, 1.807) is 7.11 Å². The molecule has 1 heterocycles. The fraction of sp³-hybridized carbons (Fsp3) is 0.500. The fourth-order valence-electron chi connectivity index (χ4n) is 2.73. The number of imide groups is 2. The third kappa shape index (κ3) is 6.48. The molecule has 0 aliphatic carbocycles. The lowest BCUT2D eigenvalue weighted by Gasteiger charge is -2.29. The summed E-state index contributed by atoms with van der Waals surface area (Å²) in [6.07, 6.45) is 2.85. The molecule has 1 saturated heterocycles. The number of nitrogens with zero attached hydrogens (tertiary/aromatic N) is 2. The highest BCUT2D eigenvalue weighted by atomic mass is 16.5. The maximum Gasteiger partial charge on any atom is 0.333 e. The number of ether oxygens (including phenoxy) is 3. The summed E-state index contributed by atoms with van der Waals surface area (Å²) < 4.78 is 16.0. The van der Waals surface area contributed by atoms with Crippen molar-refractivity contribution in [3.63, 3.8) is 0 Å². The van der Waals surface area contributed by atoms with E-state index in [0.717, 1.165) is 29.1 Å². The van der Waals surface area contributed by atoms with Crippen molar-refractivity contribution in [2.45, 2.75) is 32.1 Å². The van der Waals surface area contributed by atoms with Crippen LogP contribution in [0.5, 0.6) is 11.5 Å². The monoisotopic (exact) mass is 406 g/mol. The van der Waals surface area contributed by atoms with E-state index in [0.29, 0.717) is 24.5 Å². The molecular formula is C20H26N2O7. The minimum Gasteiger partial charge on any atom is -0.493 e. The highest BCUT2D eigenvalue weighted by molar-refractivity contribution is 6.14. The predicted octanol–water partition coefficient (Wildman–Crippen LogP) is 1.99. The van der Waals surface area contributed by atoms with Crippen LogP contribution in [0.3, 0.4) is 0 Å². The Morgan fingerprint density at radius 3 is 2.31 bits per heavy atom. The molecule has 0 spiro atoms. The average Bonchev–Trinajstić information content (AvgIpc) is 2.71. The second-order valence-electron chi connectivity index (χ2n) is 6.53. The van der Waals surface area contributed by atoms with Gasteiger partial charge in [0.05, 0.1) is 20.3 Å². The highest BCUT2D eigenvalue weighted by Crippen LogP contribution is 2.25. The molecule has 4 amide bonds. The van der Waals surface area contributed by atoms with Crippen LogP contribution < -0.4 is 9.47 Å². The van der Waals surface area contributed by atoms with Crippen LogP contribution in [0.1, 0.15) is 32.1 Å². The third-order valence-corrected chi connectivity index (χ3v) is 4.41. The first-order valence-electron chi connectivity index (χ1n) is 9.46. The second kappa shape index (κ2) is 11.0. The Bertz CT molecular complexity index is 750. The number of methoxy groups -OCH3 is 1. The maximum absolute atomic E-state index is 11.9. The van der Waals surface area contributed by atoms with Gasteiger partial charge in [-0.2, -0.15) is 0 Å². The molecule has 0 atom stereocenters. The van der Waals surface area contributed by atoms with E-state index >= 15 is 0 Å². The van der Waals surface area contributed by atoms with Gasteiger partial charge >= 0.3 is 12.0 Å². The summed E-state index contributed by atoms with van der Waals surface area (Å²) >= 11 is 0. The number of esters is 1. The van der Waals surface area contributed by atoms with Gasteiger partial charge in [0, 0.05) is 7.05 Å². The molecule has 1 fully saturated rings. The van der Waals surface area contributed by atoms with Gasteiger partial charge in [0.25, 0.3) is 0 Å². The number of rotatable bonds is 11. The van der Waals surface area contributed by atoms with Gasteiger partial charge in [0.2, 0.25) is 11.8 Å². The molecule has 0 saturated carbocycles. The number of hydrogen-bond donors (Lipinski definition) is 0. The van der Waals surface area contributed by atoms with E-state index in [9.17, 15) is 19.2 Å². The number of benzene rings is 1. The van der Waals surface area contributed by atoms with Gasteiger partial charge in [-0.1, -0.05) is 12.1 Å². The molecule has 1 aromatic carbocycles. The molecule has 0 aromatic heterocycles. The first kappa shape index (κ1) is 22.2. The van der Waals surface area contributed by atoms with E-state index in [-0.39, 0.29) is 6.61 Å². The number of para-hydroxylation sites is 2. The average molecular weight is 406 g/mol. The summed E-state index contributed by atoms with van der Waals surface area (Å²) in [6.45, 7) is 0.283. The number of unbranched alkanes of at least 4 members (excludes halogenated alkanes) is 3. The summed E-state index contributed by atoms with van der Waals surface area (Å²) in [5, 5.41) is 0. The molecule has 1 aliphatic heterocycles. The molecule has 0 radical (unpaired) electrons. The number of carbonyl (C=O) groups is 4. The number of carbonyl (C=O) groups excluding carboxylic acids is 4. The van der Waals surface area contributed by atoms with Gasteiger partial charge in [-0.05, 0) is 37.8 Å². The minimum atomic E-state index is -0.807. The van der Waals surface area contributed by atoms with Gasteiger partial charge in [-0.3, -0.25) is 24.2 Å². The van der Waals surface area contributed by atoms with Crippen LogP contribution in [0.15, 0.2) is 24.3 Å². The van der Waals surface area contributed by atoms with E-state index in [2.05, 4.69) is 0 Å². The molecule has 1 aliphatic rings. The van der Waals surface area contributed by atoms with Crippen LogP contribution >= 0.6 is 0 Å².